The average Bonchev–Trinajstić information content (AvgIpc) is 3.13. The average molecular weight is 473 g/mol. The Morgan fingerprint density at radius 1 is 0.824 bits per heavy atom. The second kappa shape index (κ2) is 8.43. The first-order valence-electron chi connectivity index (χ1n) is 10.7. The van der Waals surface area contributed by atoms with Crippen LogP contribution >= 0.6 is 0 Å². The maximum absolute atomic E-state index is 14.2. The van der Waals surface area contributed by atoms with Gasteiger partial charge in [0, 0.05) is 28.4 Å². The minimum absolute atomic E-state index is 0.147. The van der Waals surface area contributed by atoms with Gasteiger partial charge in [0.2, 0.25) is 5.91 Å². The highest BCUT2D eigenvalue weighted by Crippen LogP contribution is 2.33. The van der Waals surface area contributed by atoms with Crippen LogP contribution in [0.15, 0.2) is 95.9 Å². The third-order valence-electron chi connectivity index (χ3n) is 6.01. The zero-order valence-electron chi connectivity index (χ0n) is 18.1. The number of nitrogens with two attached hydrogens (primary N) is 1. The summed E-state index contributed by atoms with van der Waals surface area (Å²) in [6, 6.07) is 25.4. The van der Waals surface area contributed by atoms with Crippen LogP contribution < -0.4 is 5.73 Å². The second-order valence-electron chi connectivity index (χ2n) is 8.15. The largest absolute Gasteiger partial charge is 0.366 e. The molecule has 0 unspecified atom stereocenters. The van der Waals surface area contributed by atoms with Gasteiger partial charge in [-0.15, -0.1) is 0 Å². The van der Waals surface area contributed by atoms with E-state index in [0.29, 0.717) is 28.4 Å². The van der Waals surface area contributed by atoms with Gasteiger partial charge in [-0.05, 0) is 53.6 Å². The molecule has 7 heteroatoms. The van der Waals surface area contributed by atoms with E-state index in [1.165, 1.54) is 12.1 Å². The van der Waals surface area contributed by atoms with Crippen molar-refractivity contribution >= 4 is 37.6 Å². The first kappa shape index (κ1) is 21.9. The Hall–Kier alpha value is -3.97. The number of halogens is 1. The molecule has 170 valence electrons. The normalized spacial score (nSPS) is 11.8. The molecule has 0 saturated carbocycles. The highest BCUT2D eigenvalue weighted by Gasteiger charge is 2.20. The number of hydrogen-bond donors (Lipinski definition) is 1. The number of carbonyl (C=O) groups is 1. The van der Waals surface area contributed by atoms with Crippen molar-refractivity contribution in [3.05, 3.63) is 114 Å². The van der Waals surface area contributed by atoms with Gasteiger partial charge in [-0.1, -0.05) is 48.5 Å². The van der Waals surface area contributed by atoms with Crippen LogP contribution in [0.2, 0.25) is 0 Å². The van der Waals surface area contributed by atoms with Crippen LogP contribution in [0.3, 0.4) is 0 Å². The zero-order chi connectivity index (χ0) is 23.9. The van der Waals surface area contributed by atoms with Crippen molar-refractivity contribution in [2.75, 3.05) is 0 Å². The van der Waals surface area contributed by atoms with Crippen LogP contribution in [0.5, 0.6) is 0 Å². The quantitative estimate of drug-likeness (QED) is 0.375. The third kappa shape index (κ3) is 3.84. The van der Waals surface area contributed by atoms with Crippen molar-refractivity contribution in [1.29, 1.82) is 0 Å². The number of amides is 1. The van der Waals surface area contributed by atoms with E-state index < -0.39 is 21.6 Å². The van der Waals surface area contributed by atoms with Crippen LogP contribution in [0, 0.1) is 5.82 Å². The molecule has 0 aliphatic rings. The number of hydrogen-bond acceptors (Lipinski definition) is 3. The Morgan fingerprint density at radius 3 is 2.26 bits per heavy atom. The highest BCUT2D eigenvalue weighted by molar-refractivity contribution is 7.90. The Balaban J connectivity index is 1.65. The molecule has 5 nitrogen and oxygen atoms in total. The van der Waals surface area contributed by atoms with Crippen molar-refractivity contribution in [2.45, 2.75) is 17.2 Å². The molecule has 0 fully saturated rings. The van der Waals surface area contributed by atoms with Gasteiger partial charge in [0.15, 0.2) is 9.84 Å². The van der Waals surface area contributed by atoms with Crippen LogP contribution in [0.25, 0.3) is 21.8 Å². The van der Waals surface area contributed by atoms with E-state index in [2.05, 4.69) is 0 Å². The fourth-order valence-electron chi connectivity index (χ4n) is 4.44. The number of aromatic nitrogens is 1. The monoisotopic (exact) mass is 472 g/mol. The van der Waals surface area contributed by atoms with E-state index in [1.807, 2.05) is 28.8 Å². The van der Waals surface area contributed by atoms with Crippen molar-refractivity contribution in [3.8, 4) is 0 Å². The van der Waals surface area contributed by atoms with Gasteiger partial charge in [0.1, 0.15) is 5.82 Å². The molecule has 2 N–H and O–H groups in total. The van der Waals surface area contributed by atoms with Crippen molar-refractivity contribution in [2.24, 2.45) is 5.73 Å². The topological polar surface area (TPSA) is 82.2 Å². The molecule has 0 aliphatic carbocycles. The smallest absolute Gasteiger partial charge is 0.249 e. The summed E-state index contributed by atoms with van der Waals surface area (Å²) in [6.45, 7) is 0.342. The summed E-state index contributed by atoms with van der Waals surface area (Å²) in [7, 11) is -3.54. The molecule has 1 heterocycles. The summed E-state index contributed by atoms with van der Waals surface area (Å²) in [5.41, 5.74) is 8.86. The van der Waals surface area contributed by atoms with Crippen LogP contribution in [-0.4, -0.2) is 18.9 Å². The molecule has 1 amide bonds. The molecule has 0 spiro atoms. The van der Waals surface area contributed by atoms with E-state index in [4.69, 9.17) is 5.73 Å². The molecule has 0 aliphatic heterocycles. The maximum atomic E-state index is 14.2. The van der Waals surface area contributed by atoms with Crippen LogP contribution in [0.1, 0.15) is 21.5 Å². The van der Waals surface area contributed by atoms with E-state index in [-0.39, 0.29) is 10.6 Å². The molecule has 0 atom stereocenters. The summed E-state index contributed by atoms with van der Waals surface area (Å²) in [5, 5.41) is 1.16. The summed E-state index contributed by atoms with van der Waals surface area (Å²) in [6.07, 6.45) is 0. The molecule has 0 bridgehead atoms. The number of fused-ring (bicyclic) bond motifs is 3. The van der Waals surface area contributed by atoms with Gasteiger partial charge in [-0.2, -0.15) is 0 Å². The molecular formula is C27H21FN2O3S. The standard InChI is InChI=1S/C27H21FN2O3S/c28-20-13-14-24-23(15-20)26-22(27(29)31)11-6-12-25(26)30(24)16-18-7-4-5-8-19(18)17-34(32,33)21-9-2-1-3-10-21/h1-15H,16-17H2,(H2,29,31). The lowest BCUT2D eigenvalue weighted by molar-refractivity contribution is 0.100. The van der Waals surface area contributed by atoms with Gasteiger partial charge >= 0.3 is 0 Å². The minimum atomic E-state index is -3.54. The molecule has 5 rings (SSSR count). The molecule has 0 radical (unpaired) electrons. The number of carbonyl (C=O) groups excluding carboxylic acids is 1. The van der Waals surface area contributed by atoms with E-state index in [0.717, 1.165) is 16.6 Å². The summed E-state index contributed by atoms with van der Waals surface area (Å²) < 4.78 is 42.2. The Kier molecular flexibility index (Phi) is 5.42. The van der Waals surface area contributed by atoms with Crippen molar-refractivity contribution in [3.63, 3.8) is 0 Å². The van der Waals surface area contributed by atoms with Gasteiger partial charge in [0.25, 0.3) is 0 Å². The number of rotatable bonds is 6. The first-order chi connectivity index (χ1) is 16.3. The number of primary amides is 1. The lowest BCUT2D eigenvalue weighted by Gasteiger charge is -2.13. The van der Waals surface area contributed by atoms with E-state index in [1.54, 1.807) is 54.6 Å². The van der Waals surface area contributed by atoms with Crippen LogP contribution in [-0.2, 0) is 22.1 Å². The number of nitrogens with zero attached hydrogens (tertiary/aromatic N) is 1. The molecule has 5 aromatic rings. The SMILES string of the molecule is NC(=O)c1cccc2c1c1cc(F)ccc1n2Cc1ccccc1CS(=O)(=O)c1ccccc1. The lowest BCUT2D eigenvalue weighted by atomic mass is 10.1. The first-order valence-corrected chi connectivity index (χ1v) is 12.4. The highest BCUT2D eigenvalue weighted by atomic mass is 32.2. The molecule has 4 aromatic carbocycles. The second-order valence-corrected chi connectivity index (χ2v) is 10.1. The molecule has 1 aromatic heterocycles. The Bertz CT molecular complexity index is 1660. The molecular weight excluding hydrogens is 451 g/mol. The van der Waals surface area contributed by atoms with Gasteiger partial charge in [-0.3, -0.25) is 4.79 Å². The van der Waals surface area contributed by atoms with Gasteiger partial charge in [0.05, 0.1) is 16.2 Å². The van der Waals surface area contributed by atoms with Crippen molar-refractivity contribution in [1.82, 2.24) is 4.57 Å². The maximum Gasteiger partial charge on any atom is 0.249 e. The number of sulfone groups is 1. The Morgan fingerprint density at radius 2 is 1.53 bits per heavy atom. The fourth-order valence-corrected chi connectivity index (χ4v) is 5.87. The fraction of sp³-hybridized carbons (Fsp3) is 0.0741. The summed E-state index contributed by atoms with van der Waals surface area (Å²) in [4.78, 5) is 12.4. The predicted octanol–water partition coefficient (Wildman–Crippen LogP) is 5.05. The van der Waals surface area contributed by atoms with Crippen LogP contribution in [0.4, 0.5) is 4.39 Å². The third-order valence-corrected chi connectivity index (χ3v) is 7.69. The van der Waals surface area contributed by atoms with Gasteiger partial charge < -0.3 is 10.3 Å². The predicted molar refractivity (Wildman–Crippen MR) is 131 cm³/mol. The zero-order valence-corrected chi connectivity index (χ0v) is 18.9. The summed E-state index contributed by atoms with van der Waals surface area (Å²) in [5.74, 6) is -1.16. The molecule has 0 saturated heterocycles. The lowest BCUT2D eigenvalue weighted by Crippen LogP contribution is -2.11. The molecule has 34 heavy (non-hydrogen) atoms. The van der Waals surface area contributed by atoms with Crippen molar-refractivity contribution < 1.29 is 17.6 Å². The van der Waals surface area contributed by atoms with E-state index in [9.17, 15) is 17.6 Å². The van der Waals surface area contributed by atoms with E-state index >= 15 is 0 Å². The van der Waals surface area contributed by atoms with Gasteiger partial charge in [-0.25, -0.2) is 12.8 Å². The summed E-state index contributed by atoms with van der Waals surface area (Å²) >= 11 is 0. The minimum Gasteiger partial charge on any atom is -0.366 e. The number of benzene rings is 4. The Labute approximate surface area is 196 Å².